The number of halogens is 3. The van der Waals surface area contributed by atoms with Crippen LogP contribution in [0.2, 0.25) is 5.02 Å². The van der Waals surface area contributed by atoms with Crippen LogP contribution in [0, 0.1) is 12.7 Å². The number of aromatic nitrogens is 2. The molecule has 3 nitrogen and oxygen atoms in total. The van der Waals surface area contributed by atoms with Gasteiger partial charge in [0.05, 0.1) is 6.54 Å². The van der Waals surface area contributed by atoms with Crippen LogP contribution < -0.4 is 5.56 Å². The van der Waals surface area contributed by atoms with E-state index in [1.165, 1.54) is 29.0 Å². The monoisotopic (exact) mass is 330 g/mol. The van der Waals surface area contributed by atoms with Crippen LogP contribution in [0.4, 0.5) is 4.39 Å². The van der Waals surface area contributed by atoms with Crippen LogP contribution in [0.5, 0.6) is 0 Å². The number of aryl methyl sites for hydroxylation is 1. The van der Waals surface area contributed by atoms with Crippen molar-refractivity contribution in [1.29, 1.82) is 0 Å². The van der Waals surface area contributed by atoms with Crippen molar-refractivity contribution >= 4 is 27.5 Å². The molecule has 0 spiro atoms. The predicted molar refractivity (Wildman–Crippen MR) is 71.4 cm³/mol. The SMILES string of the molecule is Cc1ncc(Br)c(=O)n1Cc1cc(Cl)ccc1F. The van der Waals surface area contributed by atoms with Crippen LogP contribution in [0.15, 0.2) is 33.7 Å². The number of nitrogens with zero attached hydrogens (tertiary/aromatic N) is 2. The molecule has 94 valence electrons. The summed E-state index contributed by atoms with van der Waals surface area (Å²) in [7, 11) is 0. The molecule has 0 aliphatic rings. The van der Waals surface area contributed by atoms with Crippen molar-refractivity contribution < 1.29 is 4.39 Å². The average Bonchev–Trinajstić information content (AvgIpc) is 2.34. The third-order valence-corrected chi connectivity index (χ3v) is 3.32. The second-order valence-corrected chi connectivity index (χ2v) is 5.07. The van der Waals surface area contributed by atoms with E-state index in [1.54, 1.807) is 6.92 Å². The molecule has 0 N–H and O–H groups in total. The lowest BCUT2D eigenvalue weighted by Crippen LogP contribution is -2.24. The summed E-state index contributed by atoms with van der Waals surface area (Å²) in [5.41, 5.74) is 0.106. The number of hydrogen-bond donors (Lipinski definition) is 0. The van der Waals surface area contributed by atoms with Crippen molar-refractivity contribution in [2.45, 2.75) is 13.5 Å². The van der Waals surface area contributed by atoms with Crippen LogP contribution in [0.1, 0.15) is 11.4 Å². The molecule has 0 saturated heterocycles. The van der Waals surface area contributed by atoms with Gasteiger partial charge in [-0.1, -0.05) is 11.6 Å². The van der Waals surface area contributed by atoms with Crippen molar-refractivity contribution in [2.24, 2.45) is 0 Å². The minimum Gasteiger partial charge on any atom is -0.291 e. The molecular formula is C12H9BrClFN2O. The number of rotatable bonds is 2. The Balaban J connectivity index is 2.49. The van der Waals surface area contributed by atoms with E-state index in [0.29, 0.717) is 20.9 Å². The molecule has 1 aromatic carbocycles. The summed E-state index contributed by atoms with van der Waals surface area (Å²) in [4.78, 5) is 16.0. The fraction of sp³-hybridized carbons (Fsp3) is 0.167. The molecule has 0 aliphatic carbocycles. The van der Waals surface area contributed by atoms with E-state index >= 15 is 0 Å². The van der Waals surface area contributed by atoms with Gasteiger partial charge in [-0.05, 0) is 41.1 Å². The van der Waals surface area contributed by atoms with Crippen molar-refractivity contribution in [3.63, 3.8) is 0 Å². The summed E-state index contributed by atoms with van der Waals surface area (Å²) in [6, 6.07) is 4.25. The highest BCUT2D eigenvalue weighted by molar-refractivity contribution is 9.10. The predicted octanol–water partition coefficient (Wildman–Crippen LogP) is 3.16. The zero-order valence-electron chi connectivity index (χ0n) is 9.45. The Kier molecular flexibility index (Phi) is 3.82. The lowest BCUT2D eigenvalue weighted by molar-refractivity contribution is 0.589. The first-order valence-corrected chi connectivity index (χ1v) is 6.32. The van der Waals surface area contributed by atoms with Gasteiger partial charge in [-0.3, -0.25) is 9.36 Å². The normalized spacial score (nSPS) is 10.7. The minimum atomic E-state index is -0.398. The maximum atomic E-state index is 13.6. The third-order valence-electron chi connectivity index (χ3n) is 2.54. The zero-order chi connectivity index (χ0) is 13.3. The first kappa shape index (κ1) is 13.2. The molecule has 0 radical (unpaired) electrons. The minimum absolute atomic E-state index is 0.101. The molecule has 2 rings (SSSR count). The molecule has 18 heavy (non-hydrogen) atoms. The molecule has 0 bridgehead atoms. The third kappa shape index (κ3) is 2.62. The highest BCUT2D eigenvalue weighted by Gasteiger charge is 2.09. The summed E-state index contributed by atoms with van der Waals surface area (Å²) < 4.78 is 15.3. The highest BCUT2D eigenvalue weighted by Crippen LogP contribution is 2.16. The van der Waals surface area contributed by atoms with E-state index in [4.69, 9.17) is 11.6 Å². The lowest BCUT2D eigenvalue weighted by Gasteiger charge is -2.10. The zero-order valence-corrected chi connectivity index (χ0v) is 11.8. The van der Waals surface area contributed by atoms with Crippen LogP contribution in [0.25, 0.3) is 0 Å². The summed E-state index contributed by atoms with van der Waals surface area (Å²) in [5.74, 6) is 0.119. The van der Waals surface area contributed by atoms with Gasteiger partial charge in [-0.2, -0.15) is 0 Å². The Morgan fingerprint density at radius 1 is 1.50 bits per heavy atom. The van der Waals surface area contributed by atoms with E-state index in [9.17, 15) is 9.18 Å². The lowest BCUT2D eigenvalue weighted by atomic mass is 10.2. The Hall–Kier alpha value is -1.20. The van der Waals surface area contributed by atoms with Crippen LogP contribution in [-0.2, 0) is 6.54 Å². The van der Waals surface area contributed by atoms with Crippen LogP contribution >= 0.6 is 27.5 Å². The average molecular weight is 332 g/mol. The van der Waals surface area contributed by atoms with Gasteiger partial charge in [0.2, 0.25) is 0 Å². The molecule has 0 aliphatic heterocycles. The second-order valence-electron chi connectivity index (χ2n) is 3.78. The van der Waals surface area contributed by atoms with Crippen LogP contribution in [-0.4, -0.2) is 9.55 Å². The first-order chi connectivity index (χ1) is 8.49. The fourth-order valence-electron chi connectivity index (χ4n) is 1.57. The summed E-state index contributed by atoms with van der Waals surface area (Å²) >= 11 is 8.93. The quantitative estimate of drug-likeness (QED) is 0.847. The maximum absolute atomic E-state index is 13.6. The standard InChI is InChI=1S/C12H9BrClFN2O/c1-7-16-5-10(13)12(18)17(7)6-8-4-9(14)2-3-11(8)15/h2-5H,6H2,1H3. The van der Waals surface area contributed by atoms with Crippen molar-refractivity contribution in [3.05, 3.63) is 61.5 Å². The maximum Gasteiger partial charge on any atom is 0.268 e. The van der Waals surface area contributed by atoms with Gasteiger partial charge in [0.1, 0.15) is 16.1 Å². The number of benzene rings is 1. The molecule has 1 aromatic heterocycles. The summed E-state index contributed by atoms with van der Waals surface area (Å²) in [6.45, 7) is 1.79. The van der Waals surface area contributed by atoms with Gasteiger partial charge in [0.15, 0.2) is 0 Å². The smallest absolute Gasteiger partial charge is 0.268 e. The van der Waals surface area contributed by atoms with Gasteiger partial charge < -0.3 is 0 Å². The van der Waals surface area contributed by atoms with Gasteiger partial charge in [-0.25, -0.2) is 9.37 Å². The first-order valence-electron chi connectivity index (χ1n) is 5.15. The van der Waals surface area contributed by atoms with E-state index in [1.807, 2.05) is 0 Å². The van der Waals surface area contributed by atoms with E-state index < -0.39 is 5.82 Å². The Morgan fingerprint density at radius 2 is 2.22 bits per heavy atom. The van der Waals surface area contributed by atoms with E-state index in [0.717, 1.165) is 0 Å². The molecule has 1 heterocycles. The summed E-state index contributed by atoms with van der Waals surface area (Å²) in [6.07, 6.45) is 1.43. The molecule has 2 aromatic rings. The van der Waals surface area contributed by atoms with E-state index in [2.05, 4.69) is 20.9 Å². The van der Waals surface area contributed by atoms with Gasteiger partial charge >= 0.3 is 0 Å². The molecule has 0 atom stereocenters. The largest absolute Gasteiger partial charge is 0.291 e. The van der Waals surface area contributed by atoms with Crippen molar-refractivity contribution in [2.75, 3.05) is 0 Å². The molecular weight excluding hydrogens is 322 g/mol. The molecule has 0 saturated carbocycles. The number of hydrogen-bond acceptors (Lipinski definition) is 2. The molecule has 0 amide bonds. The van der Waals surface area contributed by atoms with Gasteiger partial charge in [0.25, 0.3) is 5.56 Å². The van der Waals surface area contributed by atoms with Crippen molar-refractivity contribution in [1.82, 2.24) is 9.55 Å². The Bertz CT molecular complexity index is 657. The Morgan fingerprint density at radius 3 is 2.94 bits per heavy atom. The fourth-order valence-corrected chi connectivity index (χ4v) is 2.08. The van der Waals surface area contributed by atoms with Gasteiger partial charge in [0, 0.05) is 16.8 Å². The molecule has 0 unspecified atom stereocenters. The Labute approximate surface area is 116 Å². The summed E-state index contributed by atoms with van der Waals surface area (Å²) in [5, 5.41) is 0.431. The van der Waals surface area contributed by atoms with Crippen molar-refractivity contribution in [3.8, 4) is 0 Å². The highest BCUT2D eigenvalue weighted by atomic mass is 79.9. The van der Waals surface area contributed by atoms with Gasteiger partial charge in [-0.15, -0.1) is 0 Å². The van der Waals surface area contributed by atoms with E-state index in [-0.39, 0.29) is 12.1 Å². The molecule has 6 heteroatoms. The topological polar surface area (TPSA) is 34.9 Å². The van der Waals surface area contributed by atoms with Crippen LogP contribution in [0.3, 0.4) is 0 Å². The second kappa shape index (κ2) is 5.20. The molecule has 0 fully saturated rings.